The van der Waals surface area contributed by atoms with Crippen LogP contribution in [0.4, 0.5) is 0 Å². The maximum Gasteiger partial charge on any atom is 0.240 e. The molecule has 1 aliphatic heterocycles. The van der Waals surface area contributed by atoms with Crippen LogP contribution in [-0.4, -0.2) is 35.7 Å². The van der Waals surface area contributed by atoms with E-state index in [0.717, 1.165) is 10.5 Å². The standard InChI is InChI=1S/C18H19ClN2O3/c19-13-7-5-12(6-8-13)9-10-20-16(22)11-21-17(23)14-3-1-2-4-15(14)18(21)24/h1-2,5-8,14-15H,3-4,9-11H2,(H,20,22)/t14-,15-/m1/s1. The van der Waals surface area contributed by atoms with Crippen LogP contribution in [0.25, 0.3) is 0 Å². The van der Waals surface area contributed by atoms with E-state index in [1.807, 2.05) is 24.3 Å². The van der Waals surface area contributed by atoms with E-state index < -0.39 is 0 Å². The van der Waals surface area contributed by atoms with Gasteiger partial charge in [0.15, 0.2) is 0 Å². The van der Waals surface area contributed by atoms with Crippen LogP contribution in [0.5, 0.6) is 0 Å². The van der Waals surface area contributed by atoms with Crippen molar-refractivity contribution in [2.45, 2.75) is 19.3 Å². The summed E-state index contributed by atoms with van der Waals surface area (Å²) < 4.78 is 0. The molecule has 2 atom stereocenters. The molecule has 1 aliphatic carbocycles. The van der Waals surface area contributed by atoms with Crippen molar-refractivity contribution in [3.63, 3.8) is 0 Å². The molecule has 2 aliphatic rings. The molecule has 3 rings (SSSR count). The van der Waals surface area contributed by atoms with Crippen molar-refractivity contribution in [2.24, 2.45) is 11.8 Å². The molecule has 126 valence electrons. The summed E-state index contributed by atoms with van der Waals surface area (Å²) in [5.74, 6) is -1.32. The van der Waals surface area contributed by atoms with Crippen LogP contribution < -0.4 is 5.32 Å². The van der Waals surface area contributed by atoms with Gasteiger partial charge < -0.3 is 5.32 Å². The Labute approximate surface area is 145 Å². The summed E-state index contributed by atoms with van der Waals surface area (Å²) >= 11 is 5.83. The van der Waals surface area contributed by atoms with Crippen LogP contribution in [0.2, 0.25) is 5.02 Å². The molecule has 3 amide bonds. The lowest BCUT2D eigenvalue weighted by molar-refractivity contribution is -0.143. The third kappa shape index (κ3) is 3.51. The van der Waals surface area contributed by atoms with Crippen molar-refractivity contribution in [3.05, 3.63) is 47.0 Å². The molecule has 5 nitrogen and oxygen atoms in total. The van der Waals surface area contributed by atoms with Crippen molar-refractivity contribution in [3.8, 4) is 0 Å². The minimum atomic E-state index is -0.308. The van der Waals surface area contributed by atoms with Gasteiger partial charge in [-0.05, 0) is 37.0 Å². The molecule has 1 N–H and O–H groups in total. The van der Waals surface area contributed by atoms with Gasteiger partial charge in [-0.25, -0.2) is 0 Å². The summed E-state index contributed by atoms with van der Waals surface area (Å²) in [5.41, 5.74) is 1.06. The zero-order valence-electron chi connectivity index (χ0n) is 13.2. The van der Waals surface area contributed by atoms with E-state index in [4.69, 9.17) is 11.6 Å². The second-order valence-corrected chi connectivity index (χ2v) is 6.58. The number of carbonyl (C=O) groups excluding carboxylic acids is 3. The predicted molar refractivity (Wildman–Crippen MR) is 90.2 cm³/mol. The molecule has 1 aromatic rings. The zero-order chi connectivity index (χ0) is 17.1. The quantitative estimate of drug-likeness (QED) is 0.654. The molecule has 0 saturated carbocycles. The van der Waals surface area contributed by atoms with Gasteiger partial charge in [0.05, 0.1) is 11.8 Å². The number of fused-ring (bicyclic) bond motifs is 1. The van der Waals surface area contributed by atoms with Crippen LogP contribution in [0.3, 0.4) is 0 Å². The number of amides is 3. The number of hydrogen-bond donors (Lipinski definition) is 1. The van der Waals surface area contributed by atoms with E-state index in [2.05, 4.69) is 5.32 Å². The fraction of sp³-hybridized carbons (Fsp3) is 0.389. The molecular formula is C18H19ClN2O3. The summed E-state index contributed by atoms with van der Waals surface area (Å²) in [4.78, 5) is 37.7. The van der Waals surface area contributed by atoms with Crippen LogP contribution in [-0.2, 0) is 20.8 Å². The minimum absolute atomic E-state index is 0.189. The van der Waals surface area contributed by atoms with E-state index in [0.29, 0.717) is 30.8 Å². The second kappa shape index (κ2) is 7.18. The lowest BCUT2D eigenvalue weighted by atomic mass is 9.85. The lowest BCUT2D eigenvalue weighted by Gasteiger charge is -2.14. The minimum Gasteiger partial charge on any atom is -0.354 e. The lowest BCUT2D eigenvalue weighted by Crippen LogP contribution is -2.41. The summed E-state index contributed by atoms with van der Waals surface area (Å²) in [7, 11) is 0. The number of halogens is 1. The summed E-state index contributed by atoms with van der Waals surface area (Å²) in [6.45, 7) is 0.260. The smallest absolute Gasteiger partial charge is 0.240 e. The number of hydrogen-bond acceptors (Lipinski definition) is 3. The highest BCUT2D eigenvalue weighted by Gasteiger charge is 2.47. The van der Waals surface area contributed by atoms with Crippen molar-refractivity contribution in [1.82, 2.24) is 10.2 Å². The number of rotatable bonds is 5. The molecule has 1 aromatic carbocycles. The van der Waals surface area contributed by atoms with Gasteiger partial charge in [0.2, 0.25) is 17.7 Å². The van der Waals surface area contributed by atoms with E-state index in [1.54, 1.807) is 12.1 Å². The Morgan fingerprint density at radius 1 is 1.08 bits per heavy atom. The van der Waals surface area contributed by atoms with Gasteiger partial charge in [0.25, 0.3) is 0 Å². The van der Waals surface area contributed by atoms with Crippen LogP contribution in [0.15, 0.2) is 36.4 Å². The number of likely N-dealkylation sites (tertiary alicyclic amines) is 1. The maximum atomic E-state index is 12.3. The fourth-order valence-corrected chi connectivity index (χ4v) is 3.35. The molecular weight excluding hydrogens is 328 g/mol. The van der Waals surface area contributed by atoms with Gasteiger partial charge in [0.1, 0.15) is 6.54 Å². The second-order valence-electron chi connectivity index (χ2n) is 6.14. The summed E-state index contributed by atoms with van der Waals surface area (Å²) in [5, 5.41) is 3.43. The molecule has 1 saturated heterocycles. The number of imide groups is 1. The first-order valence-electron chi connectivity index (χ1n) is 8.07. The Morgan fingerprint density at radius 2 is 1.67 bits per heavy atom. The van der Waals surface area contributed by atoms with Crippen LogP contribution in [0.1, 0.15) is 18.4 Å². The molecule has 1 fully saturated rings. The molecule has 0 radical (unpaired) electrons. The highest BCUT2D eigenvalue weighted by Crippen LogP contribution is 2.34. The van der Waals surface area contributed by atoms with Crippen LogP contribution in [0, 0.1) is 11.8 Å². The molecule has 0 unspecified atom stereocenters. The first-order valence-corrected chi connectivity index (χ1v) is 8.45. The van der Waals surface area contributed by atoms with E-state index >= 15 is 0 Å². The highest BCUT2D eigenvalue weighted by atomic mass is 35.5. The molecule has 24 heavy (non-hydrogen) atoms. The highest BCUT2D eigenvalue weighted by molar-refractivity contribution is 6.30. The number of nitrogens with zero attached hydrogens (tertiary/aromatic N) is 1. The Kier molecular flexibility index (Phi) is 5.00. The van der Waals surface area contributed by atoms with Gasteiger partial charge in [-0.2, -0.15) is 0 Å². The first-order chi connectivity index (χ1) is 11.6. The SMILES string of the molecule is O=C(CN1C(=O)[C@@H]2CC=CC[C@H]2C1=O)NCCc1ccc(Cl)cc1. The number of benzene rings is 1. The van der Waals surface area contributed by atoms with Gasteiger partial charge in [-0.1, -0.05) is 35.9 Å². The molecule has 0 bridgehead atoms. The Bertz CT molecular complexity index is 658. The van der Waals surface area contributed by atoms with E-state index in [9.17, 15) is 14.4 Å². The van der Waals surface area contributed by atoms with Crippen molar-refractivity contribution in [1.29, 1.82) is 0 Å². The molecule has 1 heterocycles. The Balaban J connectivity index is 1.49. The summed E-state index contributed by atoms with van der Waals surface area (Å²) in [6, 6.07) is 7.41. The normalized spacial score (nSPS) is 22.6. The molecule has 0 spiro atoms. The molecule has 6 heteroatoms. The Hall–Kier alpha value is -2.14. The maximum absolute atomic E-state index is 12.3. The average molecular weight is 347 g/mol. The van der Waals surface area contributed by atoms with Gasteiger partial charge in [-0.3, -0.25) is 19.3 Å². The Morgan fingerprint density at radius 3 is 2.25 bits per heavy atom. The zero-order valence-corrected chi connectivity index (χ0v) is 14.0. The first kappa shape index (κ1) is 16.7. The predicted octanol–water partition coefficient (Wildman–Crippen LogP) is 1.95. The molecule has 0 aromatic heterocycles. The largest absolute Gasteiger partial charge is 0.354 e. The number of carbonyl (C=O) groups is 3. The monoisotopic (exact) mass is 346 g/mol. The number of allylic oxidation sites excluding steroid dienone is 2. The van der Waals surface area contributed by atoms with Gasteiger partial charge in [-0.15, -0.1) is 0 Å². The third-order valence-electron chi connectivity index (χ3n) is 4.55. The third-order valence-corrected chi connectivity index (χ3v) is 4.80. The van der Waals surface area contributed by atoms with E-state index in [-0.39, 0.29) is 36.1 Å². The van der Waals surface area contributed by atoms with Crippen molar-refractivity contribution >= 4 is 29.3 Å². The van der Waals surface area contributed by atoms with Crippen molar-refractivity contribution < 1.29 is 14.4 Å². The van der Waals surface area contributed by atoms with Gasteiger partial charge >= 0.3 is 0 Å². The number of nitrogens with one attached hydrogen (secondary N) is 1. The van der Waals surface area contributed by atoms with Gasteiger partial charge in [0, 0.05) is 11.6 Å². The fourth-order valence-electron chi connectivity index (χ4n) is 3.22. The van der Waals surface area contributed by atoms with E-state index in [1.165, 1.54) is 0 Å². The van der Waals surface area contributed by atoms with Crippen LogP contribution >= 0.6 is 11.6 Å². The topological polar surface area (TPSA) is 66.5 Å². The average Bonchev–Trinajstić information content (AvgIpc) is 2.82. The van der Waals surface area contributed by atoms with Crippen molar-refractivity contribution in [2.75, 3.05) is 13.1 Å². The summed E-state index contributed by atoms with van der Waals surface area (Å²) in [6.07, 6.45) is 5.71.